The molecule has 0 aliphatic carbocycles. The molecule has 172 valence electrons. The maximum Gasteiger partial charge on any atom is 0.271 e. The summed E-state index contributed by atoms with van der Waals surface area (Å²) in [6, 6.07) is 20.9. The molecule has 9 heteroatoms. The van der Waals surface area contributed by atoms with E-state index in [1.165, 1.54) is 11.0 Å². The van der Waals surface area contributed by atoms with Gasteiger partial charge in [-0.3, -0.25) is 14.5 Å². The second kappa shape index (κ2) is 10.5. The minimum Gasteiger partial charge on any atom is -0.497 e. The number of nitrogens with zero attached hydrogens (tertiary/aromatic N) is 2. The number of hydrogen-bond acceptors (Lipinski definition) is 6. The maximum atomic E-state index is 13.3. The lowest BCUT2D eigenvalue weighted by Crippen LogP contribution is -2.28. The van der Waals surface area contributed by atoms with E-state index < -0.39 is 5.91 Å². The zero-order chi connectivity index (χ0) is 24.1. The largest absolute Gasteiger partial charge is 0.497 e. The highest BCUT2D eigenvalue weighted by Crippen LogP contribution is 2.37. The zero-order valence-corrected chi connectivity index (χ0v) is 19.9. The Kier molecular flexibility index (Phi) is 7.20. The normalized spacial score (nSPS) is 15.6. The standard InChI is InChI=1S/C25H20ClN3O4S/c1-32-20-11-7-18(8-12-20)28-25-29(19-9-13-21(33-2)14-10-19)24(31)22(34-25)15-23(30)27-17-5-3-16(26)4-6-17/h3-15H,1-2H3,(H,27,30). The number of halogens is 1. The second-order valence-corrected chi connectivity index (χ2v) is 8.48. The molecule has 0 radical (unpaired) electrons. The molecule has 1 aliphatic heterocycles. The van der Waals surface area contributed by atoms with Gasteiger partial charge in [0.1, 0.15) is 11.5 Å². The van der Waals surface area contributed by atoms with Crippen molar-refractivity contribution in [3.05, 3.63) is 88.8 Å². The average molecular weight is 494 g/mol. The van der Waals surface area contributed by atoms with E-state index in [0.29, 0.717) is 38.8 Å². The Labute approximate surface area is 206 Å². The van der Waals surface area contributed by atoms with Crippen LogP contribution in [-0.4, -0.2) is 31.2 Å². The molecular weight excluding hydrogens is 474 g/mol. The molecule has 1 heterocycles. The van der Waals surface area contributed by atoms with Crippen LogP contribution in [-0.2, 0) is 9.59 Å². The van der Waals surface area contributed by atoms with E-state index in [-0.39, 0.29) is 10.8 Å². The van der Waals surface area contributed by atoms with E-state index in [1.54, 1.807) is 87.0 Å². The summed E-state index contributed by atoms with van der Waals surface area (Å²) in [6.45, 7) is 0. The number of carbonyl (C=O) groups is 2. The summed E-state index contributed by atoms with van der Waals surface area (Å²) in [7, 11) is 3.16. The molecule has 1 saturated heterocycles. The van der Waals surface area contributed by atoms with E-state index >= 15 is 0 Å². The lowest BCUT2D eigenvalue weighted by Gasteiger charge is -2.16. The van der Waals surface area contributed by atoms with Crippen LogP contribution in [0, 0.1) is 0 Å². The van der Waals surface area contributed by atoms with Crippen molar-refractivity contribution in [2.24, 2.45) is 4.99 Å². The quantitative estimate of drug-likeness (QED) is 0.449. The van der Waals surface area contributed by atoms with Gasteiger partial charge in [0.05, 0.1) is 30.5 Å². The van der Waals surface area contributed by atoms with Gasteiger partial charge in [-0.05, 0) is 84.6 Å². The minimum atomic E-state index is -0.432. The number of methoxy groups -OCH3 is 2. The summed E-state index contributed by atoms with van der Waals surface area (Å²) in [6.07, 6.45) is 1.27. The number of carbonyl (C=O) groups excluding carboxylic acids is 2. The highest BCUT2D eigenvalue weighted by molar-refractivity contribution is 8.19. The summed E-state index contributed by atoms with van der Waals surface area (Å²) in [4.78, 5) is 32.2. The van der Waals surface area contributed by atoms with Gasteiger partial charge in [0.15, 0.2) is 5.17 Å². The molecular formula is C25H20ClN3O4S. The van der Waals surface area contributed by atoms with Crippen molar-refractivity contribution in [3.8, 4) is 11.5 Å². The fraction of sp³-hybridized carbons (Fsp3) is 0.0800. The lowest BCUT2D eigenvalue weighted by molar-refractivity contribution is -0.115. The van der Waals surface area contributed by atoms with Crippen LogP contribution in [0.2, 0.25) is 5.02 Å². The third-order valence-corrected chi connectivity index (χ3v) is 6.03. The van der Waals surface area contributed by atoms with Crippen molar-refractivity contribution in [1.29, 1.82) is 0 Å². The number of rotatable bonds is 6. The Morgan fingerprint density at radius 3 is 2.12 bits per heavy atom. The van der Waals surface area contributed by atoms with Crippen molar-refractivity contribution in [3.63, 3.8) is 0 Å². The number of benzene rings is 3. The van der Waals surface area contributed by atoms with Crippen LogP contribution < -0.4 is 19.7 Å². The van der Waals surface area contributed by atoms with Crippen LogP contribution in [0.1, 0.15) is 0 Å². The van der Waals surface area contributed by atoms with E-state index in [9.17, 15) is 9.59 Å². The molecule has 1 N–H and O–H groups in total. The topological polar surface area (TPSA) is 80.2 Å². The lowest BCUT2D eigenvalue weighted by atomic mass is 10.2. The summed E-state index contributed by atoms with van der Waals surface area (Å²) in [5.74, 6) is 0.576. The summed E-state index contributed by atoms with van der Waals surface area (Å²) >= 11 is 7.01. The van der Waals surface area contributed by atoms with Crippen LogP contribution >= 0.6 is 23.4 Å². The summed E-state index contributed by atoms with van der Waals surface area (Å²) < 4.78 is 10.4. The van der Waals surface area contributed by atoms with Crippen LogP contribution in [0.3, 0.4) is 0 Å². The van der Waals surface area contributed by atoms with E-state index in [4.69, 9.17) is 21.1 Å². The average Bonchev–Trinajstić information content (AvgIpc) is 3.15. The van der Waals surface area contributed by atoms with Gasteiger partial charge in [0, 0.05) is 16.8 Å². The van der Waals surface area contributed by atoms with Gasteiger partial charge in [0.2, 0.25) is 5.91 Å². The molecule has 2 amide bonds. The highest BCUT2D eigenvalue weighted by Gasteiger charge is 2.35. The number of ether oxygens (including phenoxy) is 2. The second-order valence-electron chi connectivity index (χ2n) is 7.04. The van der Waals surface area contributed by atoms with Crippen LogP contribution in [0.25, 0.3) is 0 Å². The van der Waals surface area contributed by atoms with E-state index in [2.05, 4.69) is 10.3 Å². The zero-order valence-electron chi connectivity index (χ0n) is 18.3. The van der Waals surface area contributed by atoms with Gasteiger partial charge >= 0.3 is 0 Å². The molecule has 0 atom stereocenters. The van der Waals surface area contributed by atoms with Crippen molar-refractivity contribution < 1.29 is 19.1 Å². The van der Waals surface area contributed by atoms with Crippen LogP contribution in [0.5, 0.6) is 11.5 Å². The number of amides is 2. The molecule has 1 fully saturated rings. The Morgan fingerprint density at radius 2 is 1.53 bits per heavy atom. The number of aliphatic imine (C=N–C) groups is 1. The Balaban J connectivity index is 1.65. The van der Waals surface area contributed by atoms with Gasteiger partial charge in [-0.2, -0.15) is 0 Å². The Morgan fingerprint density at radius 1 is 0.941 bits per heavy atom. The fourth-order valence-corrected chi connectivity index (χ4v) is 4.20. The van der Waals surface area contributed by atoms with Crippen LogP contribution in [0.15, 0.2) is 88.8 Å². The Bertz CT molecular complexity index is 1260. The number of amidine groups is 1. The van der Waals surface area contributed by atoms with Gasteiger partial charge < -0.3 is 14.8 Å². The monoisotopic (exact) mass is 493 g/mol. The molecule has 0 spiro atoms. The third-order valence-electron chi connectivity index (χ3n) is 4.81. The van der Waals surface area contributed by atoms with E-state index in [1.807, 2.05) is 0 Å². The van der Waals surface area contributed by atoms with Gasteiger partial charge in [-0.1, -0.05) is 11.6 Å². The van der Waals surface area contributed by atoms with Crippen molar-refractivity contribution in [1.82, 2.24) is 0 Å². The first-order valence-electron chi connectivity index (χ1n) is 10.1. The fourth-order valence-electron chi connectivity index (χ4n) is 3.11. The smallest absolute Gasteiger partial charge is 0.271 e. The molecule has 34 heavy (non-hydrogen) atoms. The van der Waals surface area contributed by atoms with Crippen molar-refractivity contribution in [2.75, 3.05) is 24.4 Å². The van der Waals surface area contributed by atoms with Crippen molar-refractivity contribution in [2.45, 2.75) is 0 Å². The molecule has 4 rings (SSSR count). The number of anilines is 2. The maximum absolute atomic E-state index is 13.3. The first-order valence-corrected chi connectivity index (χ1v) is 11.3. The number of nitrogens with one attached hydrogen (secondary N) is 1. The summed E-state index contributed by atoms with van der Waals surface area (Å²) in [5.41, 5.74) is 1.81. The molecule has 0 bridgehead atoms. The number of thioether (sulfide) groups is 1. The number of hydrogen-bond donors (Lipinski definition) is 1. The Hall–Kier alpha value is -3.75. The third kappa shape index (κ3) is 5.41. The molecule has 0 saturated carbocycles. The SMILES string of the molecule is COc1ccc(N=C2SC(=CC(=O)Nc3ccc(Cl)cc3)C(=O)N2c2ccc(OC)cc2)cc1. The minimum absolute atomic E-state index is 0.245. The molecule has 0 aromatic heterocycles. The predicted octanol–water partition coefficient (Wildman–Crippen LogP) is 5.65. The molecule has 1 aliphatic rings. The summed E-state index contributed by atoms with van der Waals surface area (Å²) in [5, 5.41) is 3.72. The van der Waals surface area contributed by atoms with Gasteiger partial charge in [-0.25, -0.2) is 4.99 Å². The van der Waals surface area contributed by atoms with Gasteiger partial charge in [0.25, 0.3) is 5.91 Å². The first kappa shape index (κ1) is 23.4. The van der Waals surface area contributed by atoms with E-state index in [0.717, 1.165) is 11.8 Å². The van der Waals surface area contributed by atoms with Gasteiger partial charge in [-0.15, -0.1) is 0 Å². The molecule has 3 aromatic carbocycles. The molecule has 7 nitrogen and oxygen atoms in total. The first-order chi connectivity index (χ1) is 16.5. The van der Waals surface area contributed by atoms with Crippen molar-refractivity contribution >= 4 is 57.4 Å². The van der Waals surface area contributed by atoms with Crippen LogP contribution in [0.4, 0.5) is 17.1 Å². The molecule has 0 unspecified atom stereocenters. The highest BCUT2D eigenvalue weighted by atomic mass is 35.5. The predicted molar refractivity (Wildman–Crippen MR) is 136 cm³/mol. The molecule has 3 aromatic rings.